The van der Waals surface area contributed by atoms with E-state index < -0.39 is 11.4 Å². The molecule has 0 aromatic rings. The molecule has 0 radical (unpaired) electrons. The van der Waals surface area contributed by atoms with Crippen molar-refractivity contribution in [3.63, 3.8) is 0 Å². The zero-order valence-corrected chi connectivity index (χ0v) is 10.8. The maximum Gasteiger partial charge on any atom is 0.0470 e. The van der Waals surface area contributed by atoms with Gasteiger partial charge in [-0.25, -0.2) is 0 Å². The first kappa shape index (κ1) is 15.4. The van der Waals surface area contributed by atoms with E-state index in [2.05, 4.69) is 0 Å². The summed E-state index contributed by atoms with van der Waals surface area (Å²) in [7, 11) is 0. The van der Waals surface area contributed by atoms with Crippen LogP contribution in [0.2, 0.25) is 0 Å². The number of unbranched alkanes of at least 4 members (excludes halogenated alkanes) is 6. The molecule has 0 aromatic carbocycles. The van der Waals surface area contributed by atoms with Crippen molar-refractivity contribution in [3.05, 3.63) is 0 Å². The van der Waals surface area contributed by atoms with Crippen LogP contribution in [0.1, 0.15) is 65.2 Å². The fourth-order valence-electron chi connectivity index (χ4n) is 1.70. The molecule has 0 heterocycles. The van der Waals surface area contributed by atoms with Crippen molar-refractivity contribution in [1.82, 2.24) is 0 Å². The highest BCUT2D eigenvalue weighted by molar-refractivity contribution is 5.71. The van der Waals surface area contributed by atoms with Crippen LogP contribution >= 0.6 is 0 Å². The van der Waals surface area contributed by atoms with Crippen LogP contribution in [0.5, 0.6) is 0 Å². The lowest BCUT2D eigenvalue weighted by Crippen LogP contribution is -2.37. The Morgan fingerprint density at radius 2 is 1.44 bits per heavy atom. The highest BCUT2D eigenvalue weighted by atomic mass is 16.4. The number of carbonyl (C=O) groups is 1. The summed E-state index contributed by atoms with van der Waals surface area (Å²) in [5.74, 6) is -0.935. The van der Waals surface area contributed by atoms with Crippen molar-refractivity contribution in [2.24, 2.45) is 11.1 Å². The second kappa shape index (κ2) is 8.57. The zero-order valence-electron chi connectivity index (χ0n) is 10.8. The van der Waals surface area contributed by atoms with Gasteiger partial charge in [0, 0.05) is 11.4 Å². The van der Waals surface area contributed by atoms with E-state index in [0.29, 0.717) is 0 Å². The number of rotatable bonds is 10. The summed E-state index contributed by atoms with van der Waals surface area (Å²) in [5, 5.41) is 10.7. The van der Waals surface area contributed by atoms with Gasteiger partial charge in [0.2, 0.25) is 0 Å². The summed E-state index contributed by atoms with van der Waals surface area (Å²) in [4.78, 5) is 10.7. The Balaban J connectivity index is 3.30. The Morgan fingerprint density at radius 3 is 1.88 bits per heavy atom. The normalized spacial score (nSPS) is 11.7. The highest BCUT2D eigenvalue weighted by Gasteiger charge is 2.18. The van der Waals surface area contributed by atoms with Gasteiger partial charge in [-0.2, -0.15) is 0 Å². The standard InChI is InChI=1S/C13H27NO2/c1-13(2,12(15)16)10-8-6-4-3-5-7-9-11-14/h3-11,14H2,1-2H3,(H,15,16)/p-1. The molecule has 0 amide bonds. The Kier molecular flexibility index (Phi) is 8.26. The van der Waals surface area contributed by atoms with Gasteiger partial charge in [0.15, 0.2) is 0 Å². The average molecular weight is 228 g/mol. The van der Waals surface area contributed by atoms with Gasteiger partial charge in [0.05, 0.1) is 0 Å². The van der Waals surface area contributed by atoms with Gasteiger partial charge in [-0.1, -0.05) is 52.4 Å². The molecule has 0 bridgehead atoms. The van der Waals surface area contributed by atoms with Crippen LogP contribution in [0.3, 0.4) is 0 Å². The minimum absolute atomic E-state index is 0.667. The second-order valence-corrected chi connectivity index (χ2v) is 5.18. The van der Waals surface area contributed by atoms with Crippen molar-refractivity contribution in [2.75, 3.05) is 6.54 Å². The molecular formula is C13H26NO2-. The van der Waals surface area contributed by atoms with Gasteiger partial charge in [-0.05, 0) is 19.4 Å². The second-order valence-electron chi connectivity index (χ2n) is 5.18. The van der Waals surface area contributed by atoms with Crippen molar-refractivity contribution in [1.29, 1.82) is 0 Å². The Hall–Kier alpha value is -0.570. The lowest BCUT2D eigenvalue weighted by molar-refractivity contribution is -0.317. The summed E-state index contributed by atoms with van der Waals surface area (Å²) in [5.41, 5.74) is 4.74. The van der Waals surface area contributed by atoms with Crippen LogP contribution in [-0.2, 0) is 4.79 Å². The number of carboxylic acids is 1. The largest absolute Gasteiger partial charge is 0.550 e. The molecule has 3 heteroatoms. The molecule has 96 valence electrons. The van der Waals surface area contributed by atoms with Gasteiger partial charge in [-0.3, -0.25) is 0 Å². The molecule has 0 aliphatic carbocycles. The smallest absolute Gasteiger partial charge is 0.0470 e. The molecule has 0 aromatic heterocycles. The number of carbonyl (C=O) groups excluding carboxylic acids is 1. The molecular weight excluding hydrogens is 202 g/mol. The Morgan fingerprint density at radius 1 is 1.00 bits per heavy atom. The quantitative estimate of drug-likeness (QED) is 0.580. The van der Waals surface area contributed by atoms with E-state index in [1.165, 1.54) is 25.7 Å². The van der Waals surface area contributed by atoms with E-state index in [1.807, 2.05) is 0 Å². The van der Waals surface area contributed by atoms with E-state index in [0.717, 1.165) is 32.2 Å². The maximum atomic E-state index is 10.7. The topological polar surface area (TPSA) is 66.2 Å². The summed E-state index contributed by atoms with van der Waals surface area (Å²) in [6.45, 7) is 4.27. The van der Waals surface area contributed by atoms with Crippen molar-refractivity contribution in [2.45, 2.75) is 65.2 Å². The van der Waals surface area contributed by atoms with Gasteiger partial charge < -0.3 is 15.6 Å². The van der Waals surface area contributed by atoms with Crippen LogP contribution < -0.4 is 10.8 Å². The molecule has 0 spiro atoms. The molecule has 16 heavy (non-hydrogen) atoms. The third kappa shape index (κ3) is 7.69. The molecule has 0 atom stereocenters. The molecule has 2 N–H and O–H groups in total. The van der Waals surface area contributed by atoms with E-state index in [-0.39, 0.29) is 0 Å². The molecule has 0 aliphatic rings. The monoisotopic (exact) mass is 228 g/mol. The molecule has 0 saturated heterocycles. The van der Waals surface area contributed by atoms with Crippen molar-refractivity contribution >= 4 is 5.97 Å². The third-order valence-corrected chi connectivity index (χ3v) is 3.06. The average Bonchev–Trinajstić information content (AvgIpc) is 2.21. The first-order valence-electron chi connectivity index (χ1n) is 6.42. The van der Waals surface area contributed by atoms with Crippen LogP contribution in [-0.4, -0.2) is 12.5 Å². The SMILES string of the molecule is CC(C)(CCCCCCCCCN)C(=O)[O-]. The van der Waals surface area contributed by atoms with Crippen LogP contribution in [0.25, 0.3) is 0 Å². The predicted octanol–water partition coefficient (Wildman–Crippen LogP) is 1.84. The Labute approximate surface area is 99.4 Å². The van der Waals surface area contributed by atoms with E-state index >= 15 is 0 Å². The predicted molar refractivity (Wildman–Crippen MR) is 64.8 cm³/mol. The fourth-order valence-corrected chi connectivity index (χ4v) is 1.70. The third-order valence-electron chi connectivity index (χ3n) is 3.06. The van der Waals surface area contributed by atoms with Crippen LogP contribution in [0.4, 0.5) is 0 Å². The lowest BCUT2D eigenvalue weighted by Gasteiger charge is -2.25. The van der Waals surface area contributed by atoms with Crippen LogP contribution in [0, 0.1) is 5.41 Å². The number of aliphatic carboxylic acids is 1. The summed E-state index contributed by atoms with van der Waals surface area (Å²) in [6, 6.07) is 0. The van der Waals surface area contributed by atoms with Gasteiger partial charge in [0.1, 0.15) is 0 Å². The Bertz CT molecular complexity index is 190. The fraction of sp³-hybridized carbons (Fsp3) is 0.923. The molecule has 0 rings (SSSR count). The number of hydrogen-bond acceptors (Lipinski definition) is 3. The van der Waals surface area contributed by atoms with E-state index in [9.17, 15) is 9.90 Å². The summed E-state index contributed by atoms with van der Waals surface area (Å²) < 4.78 is 0. The zero-order chi connectivity index (χ0) is 12.4. The van der Waals surface area contributed by atoms with Gasteiger partial charge in [-0.15, -0.1) is 0 Å². The number of hydrogen-bond donors (Lipinski definition) is 1. The molecule has 0 aliphatic heterocycles. The highest BCUT2D eigenvalue weighted by Crippen LogP contribution is 2.23. The van der Waals surface area contributed by atoms with E-state index in [1.54, 1.807) is 13.8 Å². The molecule has 0 unspecified atom stereocenters. The van der Waals surface area contributed by atoms with Gasteiger partial charge in [0.25, 0.3) is 0 Å². The lowest BCUT2D eigenvalue weighted by atomic mass is 9.87. The minimum atomic E-state index is -0.935. The maximum absolute atomic E-state index is 10.7. The molecule has 0 saturated carbocycles. The van der Waals surface area contributed by atoms with Gasteiger partial charge >= 0.3 is 0 Å². The first-order chi connectivity index (χ1) is 7.50. The first-order valence-corrected chi connectivity index (χ1v) is 6.42. The van der Waals surface area contributed by atoms with Crippen molar-refractivity contribution in [3.8, 4) is 0 Å². The molecule has 3 nitrogen and oxygen atoms in total. The van der Waals surface area contributed by atoms with Crippen molar-refractivity contribution < 1.29 is 9.90 Å². The number of carboxylic acid groups (broad SMARTS) is 1. The minimum Gasteiger partial charge on any atom is -0.550 e. The summed E-state index contributed by atoms with van der Waals surface area (Å²) >= 11 is 0. The summed E-state index contributed by atoms with van der Waals surface area (Å²) in [6.07, 6.45) is 8.87. The number of nitrogens with two attached hydrogens (primary N) is 1. The molecule has 0 fully saturated rings. The van der Waals surface area contributed by atoms with E-state index in [4.69, 9.17) is 5.73 Å². The van der Waals surface area contributed by atoms with Crippen LogP contribution in [0.15, 0.2) is 0 Å².